The molecule has 3 rings (SSSR count). The molecule has 1 aromatic heterocycles. The van der Waals surface area contributed by atoms with Gasteiger partial charge in [-0.25, -0.2) is 8.42 Å². The first kappa shape index (κ1) is 25.1. The van der Waals surface area contributed by atoms with E-state index in [1.54, 1.807) is 7.05 Å². The lowest BCUT2D eigenvalue weighted by Gasteiger charge is -2.31. The van der Waals surface area contributed by atoms with E-state index in [9.17, 15) is 21.6 Å². The van der Waals surface area contributed by atoms with E-state index < -0.39 is 15.5 Å². The molecule has 0 unspecified atom stereocenters. The van der Waals surface area contributed by atoms with Gasteiger partial charge in [0.25, 0.3) is 0 Å². The van der Waals surface area contributed by atoms with E-state index in [-0.39, 0.29) is 43.0 Å². The molecule has 2 aliphatic rings. The number of piperidine rings is 1. The Balaban J connectivity index is 0.00000320. The first-order valence-electron chi connectivity index (χ1n) is 9.64. The normalized spacial score (nSPS) is 19.1. The number of sulfonamides is 1. The van der Waals surface area contributed by atoms with Crippen LogP contribution in [0, 0.1) is 5.92 Å². The number of hydrogen-bond donors (Lipinski definition) is 2. The Morgan fingerprint density at radius 2 is 1.87 bits per heavy atom. The third-order valence-corrected chi connectivity index (χ3v) is 6.97. The number of alkyl halides is 3. The quantitative estimate of drug-likeness (QED) is 0.319. The van der Waals surface area contributed by atoms with Gasteiger partial charge in [0.1, 0.15) is 5.82 Å². The van der Waals surface area contributed by atoms with Crippen LogP contribution < -0.4 is 10.6 Å². The molecule has 172 valence electrons. The van der Waals surface area contributed by atoms with E-state index in [0.717, 1.165) is 37.5 Å². The highest BCUT2D eigenvalue weighted by Gasteiger charge is 2.50. The Labute approximate surface area is 191 Å². The molecule has 3 heterocycles. The SMILES string of the molecule is CN=C(NCc1nnc2n1CCCC2)NCC1CCN(S(=O)(=O)C(F)(F)F)CC1.I. The molecule has 14 heteroatoms. The Kier molecular flexibility index (Phi) is 8.73. The molecule has 0 spiro atoms. The predicted octanol–water partition coefficient (Wildman–Crippen LogP) is 1.46. The number of guanidine groups is 1. The van der Waals surface area contributed by atoms with Gasteiger partial charge in [-0.2, -0.15) is 17.5 Å². The topological polar surface area (TPSA) is 105 Å². The molecule has 30 heavy (non-hydrogen) atoms. The van der Waals surface area contributed by atoms with E-state index in [1.807, 2.05) is 0 Å². The molecule has 0 saturated carbocycles. The number of rotatable bonds is 5. The average Bonchev–Trinajstić information content (AvgIpc) is 3.11. The fraction of sp³-hybridized carbons (Fsp3) is 0.812. The summed E-state index contributed by atoms with van der Waals surface area (Å²) in [5, 5.41) is 14.8. The van der Waals surface area contributed by atoms with Crippen LogP contribution in [0.25, 0.3) is 0 Å². The minimum absolute atomic E-state index is 0. The van der Waals surface area contributed by atoms with Gasteiger partial charge >= 0.3 is 15.5 Å². The van der Waals surface area contributed by atoms with Crippen LogP contribution in [0.15, 0.2) is 4.99 Å². The summed E-state index contributed by atoms with van der Waals surface area (Å²) in [6.45, 7) is 1.61. The van der Waals surface area contributed by atoms with Crippen LogP contribution in [-0.2, 0) is 29.5 Å². The van der Waals surface area contributed by atoms with Crippen LogP contribution in [0.2, 0.25) is 0 Å². The molecule has 0 radical (unpaired) electrons. The van der Waals surface area contributed by atoms with Crippen molar-refractivity contribution in [3.05, 3.63) is 11.6 Å². The first-order chi connectivity index (χ1) is 13.7. The number of fused-ring (bicyclic) bond motifs is 1. The van der Waals surface area contributed by atoms with Gasteiger partial charge in [-0.3, -0.25) is 4.99 Å². The lowest BCUT2D eigenvalue weighted by atomic mass is 9.98. The lowest BCUT2D eigenvalue weighted by Crippen LogP contribution is -2.47. The summed E-state index contributed by atoms with van der Waals surface area (Å²) in [7, 11) is -3.61. The molecule has 0 aromatic carbocycles. The van der Waals surface area contributed by atoms with Gasteiger partial charge in [0.05, 0.1) is 6.54 Å². The summed E-state index contributed by atoms with van der Waals surface area (Å²) in [6, 6.07) is 0. The highest BCUT2D eigenvalue weighted by atomic mass is 127. The summed E-state index contributed by atoms with van der Waals surface area (Å²) < 4.78 is 63.5. The molecular weight excluding hydrogens is 538 g/mol. The summed E-state index contributed by atoms with van der Waals surface area (Å²) in [6.07, 6.45) is 3.88. The zero-order valence-corrected chi connectivity index (χ0v) is 19.8. The molecule has 1 aromatic rings. The minimum atomic E-state index is -5.25. The molecule has 0 aliphatic carbocycles. The Morgan fingerprint density at radius 3 is 2.50 bits per heavy atom. The molecule has 0 amide bonds. The van der Waals surface area contributed by atoms with Gasteiger partial charge in [-0.05, 0) is 31.6 Å². The molecule has 2 aliphatic heterocycles. The standard InChI is InChI=1S/C16H26F3N7O2S.HI/c1-20-15(22-11-14-24-23-13-4-2-3-7-26(13)14)21-10-12-5-8-25(9-6-12)29(27,28)16(17,18)19;/h12H,2-11H2,1H3,(H2,20,21,22);1H. The van der Waals surface area contributed by atoms with E-state index in [1.165, 1.54) is 0 Å². The first-order valence-corrected chi connectivity index (χ1v) is 11.1. The number of nitrogens with zero attached hydrogens (tertiary/aromatic N) is 5. The van der Waals surface area contributed by atoms with Crippen LogP contribution in [0.1, 0.15) is 37.3 Å². The highest BCUT2D eigenvalue weighted by molar-refractivity contribution is 14.0. The Morgan fingerprint density at radius 1 is 1.17 bits per heavy atom. The summed E-state index contributed by atoms with van der Waals surface area (Å²) >= 11 is 0. The number of aliphatic imine (C=N–C) groups is 1. The summed E-state index contributed by atoms with van der Waals surface area (Å²) in [4.78, 5) is 4.15. The van der Waals surface area contributed by atoms with Gasteiger partial charge in [-0.15, -0.1) is 34.2 Å². The Hall–Kier alpha value is -1.16. The minimum Gasteiger partial charge on any atom is -0.356 e. The summed E-state index contributed by atoms with van der Waals surface area (Å²) in [5.74, 6) is 2.46. The van der Waals surface area contributed by atoms with Crippen molar-refractivity contribution in [2.24, 2.45) is 10.9 Å². The summed E-state index contributed by atoms with van der Waals surface area (Å²) in [5.41, 5.74) is -5.25. The second kappa shape index (κ2) is 10.4. The third-order valence-electron chi connectivity index (χ3n) is 5.34. The van der Waals surface area contributed by atoms with Crippen molar-refractivity contribution in [3.63, 3.8) is 0 Å². The fourth-order valence-electron chi connectivity index (χ4n) is 3.62. The van der Waals surface area contributed by atoms with Crippen LogP contribution in [0.3, 0.4) is 0 Å². The van der Waals surface area contributed by atoms with Crippen molar-refractivity contribution in [2.45, 2.75) is 50.7 Å². The van der Waals surface area contributed by atoms with E-state index >= 15 is 0 Å². The molecule has 0 atom stereocenters. The maximum atomic E-state index is 12.6. The maximum Gasteiger partial charge on any atom is 0.511 e. The van der Waals surface area contributed by atoms with Crippen molar-refractivity contribution in [3.8, 4) is 0 Å². The smallest absolute Gasteiger partial charge is 0.356 e. The number of nitrogens with one attached hydrogen (secondary N) is 2. The van der Waals surface area contributed by atoms with Crippen molar-refractivity contribution in [1.29, 1.82) is 0 Å². The van der Waals surface area contributed by atoms with Crippen molar-refractivity contribution < 1.29 is 21.6 Å². The predicted molar refractivity (Wildman–Crippen MR) is 116 cm³/mol. The molecule has 0 bridgehead atoms. The van der Waals surface area contributed by atoms with Gasteiger partial charge in [0.15, 0.2) is 11.8 Å². The van der Waals surface area contributed by atoms with Crippen LogP contribution in [0.5, 0.6) is 0 Å². The van der Waals surface area contributed by atoms with Crippen molar-refractivity contribution in [1.82, 2.24) is 29.7 Å². The number of aryl methyl sites for hydroxylation is 1. The van der Waals surface area contributed by atoms with Gasteiger partial charge in [0.2, 0.25) is 0 Å². The molecule has 1 fully saturated rings. The highest BCUT2D eigenvalue weighted by Crippen LogP contribution is 2.30. The maximum absolute atomic E-state index is 12.6. The fourth-order valence-corrected chi connectivity index (χ4v) is 4.61. The average molecular weight is 565 g/mol. The second-order valence-electron chi connectivity index (χ2n) is 7.24. The van der Waals surface area contributed by atoms with E-state index in [4.69, 9.17) is 0 Å². The number of halogens is 4. The number of hydrogen-bond acceptors (Lipinski definition) is 5. The van der Waals surface area contributed by atoms with Gasteiger partial charge in [-0.1, -0.05) is 0 Å². The van der Waals surface area contributed by atoms with Gasteiger partial charge in [0, 0.05) is 39.6 Å². The molecule has 1 saturated heterocycles. The number of aromatic nitrogens is 3. The van der Waals surface area contributed by atoms with Gasteiger partial charge < -0.3 is 15.2 Å². The molecule has 9 nitrogen and oxygen atoms in total. The third kappa shape index (κ3) is 5.75. The molecule has 2 N–H and O–H groups in total. The van der Waals surface area contributed by atoms with Crippen LogP contribution >= 0.6 is 24.0 Å². The van der Waals surface area contributed by atoms with Crippen LogP contribution in [-0.4, -0.2) is 65.6 Å². The Bertz CT molecular complexity index is 836. The largest absolute Gasteiger partial charge is 0.511 e. The van der Waals surface area contributed by atoms with Crippen LogP contribution in [0.4, 0.5) is 13.2 Å². The zero-order valence-electron chi connectivity index (χ0n) is 16.7. The van der Waals surface area contributed by atoms with E-state index in [2.05, 4.69) is 30.4 Å². The molecular formula is C16H27F3IN7O2S. The zero-order chi connectivity index (χ0) is 21.1. The van der Waals surface area contributed by atoms with E-state index in [0.29, 0.717) is 36.2 Å². The van der Waals surface area contributed by atoms with Crippen molar-refractivity contribution in [2.75, 3.05) is 26.7 Å². The van der Waals surface area contributed by atoms with Crippen molar-refractivity contribution >= 4 is 40.0 Å². The lowest BCUT2D eigenvalue weighted by molar-refractivity contribution is -0.0496. The monoisotopic (exact) mass is 565 g/mol. The second-order valence-corrected chi connectivity index (χ2v) is 9.17.